The van der Waals surface area contributed by atoms with E-state index >= 15 is 0 Å². The van der Waals surface area contributed by atoms with Crippen LogP contribution in [0.1, 0.15) is 41.5 Å². The van der Waals surface area contributed by atoms with Crippen molar-refractivity contribution in [2.45, 2.75) is 38.3 Å². The molecule has 4 rings (SSSR count). The van der Waals surface area contributed by atoms with Gasteiger partial charge in [0.1, 0.15) is 11.6 Å². The molecule has 9 heteroatoms. The molecule has 0 spiro atoms. The smallest absolute Gasteiger partial charge is 0.318 e. The van der Waals surface area contributed by atoms with Crippen LogP contribution in [0, 0.1) is 11.7 Å². The van der Waals surface area contributed by atoms with E-state index < -0.39 is 11.9 Å². The van der Waals surface area contributed by atoms with Crippen LogP contribution in [-0.2, 0) is 28.9 Å². The number of benzene rings is 1. The van der Waals surface area contributed by atoms with Crippen LogP contribution in [0.25, 0.3) is 0 Å². The number of hydrogen-bond donors (Lipinski definition) is 1. The fraction of sp³-hybridized carbons (Fsp3) is 0.522. The number of nitrogens with zero attached hydrogens (tertiary/aromatic N) is 3. The van der Waals surface area contributed by atoms with Gasteiger partial charge in [0.25, 0.3) is 0 Å². The lowest BCUT2D eigenvalue weighted by molar-refractivity contribution is 0.0659. The van der Waals surface area contributed by atoms with Crippen LogP contribution < -0.4 is 5.32 Å². The molecular formula is C23H28ClFN4O3. The van der Waals surface area contributed by atoms with E-state index in [1.807, 2.05) is 6.20 Å². The Morgan fingerprint density at radius 1 is 1.41 bits per heavy atom. The molecule has 0 unspecified atom stereocenters. The Labute approximate surface area is 192 Å². The van der Waals surface area contributed by atoms with Gasteiger partial charge >= 0.3 is 6.03 Å². The van der Waals surface area contributed by atoms with Crippen LogP contribution in [0.3, 0.4) is 0 Å². The standard InChI is InChI=1S/C23H28ClFN4O3/c1-31-14-21(16-2-3-18(24)19(25)11-16)28-23(30)29-7-4-17-12-26-22(27-20(17)13-29)10-15-5-8-32-9-6-15/h2-3,11-12,15,21H,4-10,13-14H2,1H3,(H,28,30)/t21-/m1/s1. The van der Waals surface area contributed by atoms with E-state index in [0.29, 0.717) is 31.0 Å². The minimum atomic E-state index is -0.528. The molecule has 0 aliphatic carbocycles. The topological polar surface area (TPSA) is 76.6 Å². The SMILES string of the molecule is COC[C@@H](NC(=O)N1CCc2cnc(CC3CCOCC3)nc2C1)c1ccc(Cl)c(F)c1. The molecule has 2 aliphatic rings. The highest BCUT2D eigenvalue weighted by molar-refractivity contribution is 6.30. The fourth-order valence-corrected chi connectivity index (χ4v) is 4.30. The first-order valence-electron chi connectivity index (χ1n) is 10.9. The van der Waals surface area contributed by atoms with Crippen molar-refractivity contribution in [2.75, 3.05) is 33.5 Å². The van der Waals surface area contributed by atoms with Crippen molar-refractivity contribution in [1.29, 1.82) is 0 Å². The molecule has 172 valence electrons. The van der Waals surface area contributed by atoms with Gasteiger partial charge in [0, 0.05) is 39.5 Å². The molecule has 3 heterocycles. The van der Waals surface area contributed by atoms with E-state index in [0.717, 1.165) is 49.6 Å². The molecule has 2 amide bonds. The van der Waals surface area contributed by atoms with Gasteiger partial charge in [-0.15, -0.1) is 0 Å². The van der Waals surface area contributed by atoms with Crippen molar-refractivity contribution in [3.05, 3.63) is 57.9 Å². The third-order valence-corrected chi connectivity index (χ3v) is 6.38. The van der Waals surface area contributed by atoms with Crippen molar-refractivity contribution in [3.63, 3.8) is 0 Å². The maximum Gasteiger partial charge on any atom is 0.318 e. The molecule has 2 aromatic rings. The molecule has 32 heavy (non-hydrogen) atoms. The summed E-state index contributed by atoms with van der Waals surface area (Å²) in [5.41, 5.74) is 2.57. The predicted molar refractivity (Wildman–Crippen MR) is 118 cm³/mol. The summed E-state index contributed by atoms with van der Waals surface area (Å²) >= 11 is 5.79. The first kappa shape index (κ1) is 22.9. The highest BCUT2D eigenvalue weighted by atomic mass is 35.5. The normalized spacial score (nSPS) is 17.7. The van der Waals surface area contributed by atoms with Gasteiger partial charge in [-0.05, 0) is 48.4 Å². The summed E-state index contributed by atoms with van der Waals surface area (Å²) in [5.74, 6) is 0.839. The highest BCUT2D eigenvalue weighted by Gasteiger charge is 2.26. The Bertz CT molecular complexity index is 955. The minimum absolute atomic E-state index is 0.0418. The second-order valence-electron chi connectivity index (χ2n) is 8.32. The number of amides is 2. The zero-order valence-electron chi connectivity index (χ0n) is 18.2. The maximum atomic E-state index is 13.9. The lowest BCUT2D eigenvalue weighted by Gasteiger charge is -2.30. The summed E-state index contributed by atoms with van der Waals surface area (Å²) in [6, 6.07) is 3.77. The molecule has 1 atom stereocenters. The van der Waals surface area contributed by atoms with E-state index in [2.05, 4.69) is 10.3 Å². The van der Waals surface area contributed by atoms with Crippen LogP contribution in [0.15, 0.2) is 24.4 Å². The monoisotopic (exact) mass is 462 g/mol. The van der Waals surface area contributed by atoms with Crippen LogP contribution in [0.5, 0.6) is 0 Å². The van der Waals surface area contributed by atoms with E-state index in [1.165, 1.54) is 12.1 Å². The van der Waals surface area contributed by atoms with Gasteiger partial charge in [0.15, 0.2) is 0 Å². The van der Waals surface area contributed by atoms with E-state index in [-0.39, 0.29) is 17.7 Å². The van der Waals surface area contributed by atoms with Gasteiger partial charge in [-0.2, -0.15) is 0 Å². The molecule has 1 N–H and O–H groups in total. The third-order valence-electron chi connectivity index (χ3n) is 6.07. The number of halogens is 2. The summed E-state index contributed by atoms with van der Waals surface area (Å²) in [4.78, 5) is 24.0. The van der Waals surface area contributed by atoms with Gasteiger partial charge in [-0.25, -0.2) is 19.2 Å². The molecule has 7 nitrogen and oxygen atoms in total. The number of nitrogens with one attached hydrogen (secondary N) is 1. The number of ether oxygens (including phenoxy) is 2. The van der Waals surface area contributed by atoms with Crippen molar-refractivity contribution < 1.29 is 18.7 Å². The Balaban J connectivity index is 1.42. The Morgan fingerprint density at radius 2 is 2.22 bits per heavy atom. The number of carbonyl (C=O) groups is 1. The van der Waals surface area contributed by atoms with Crippen molar-refractivity contribution in [1.82, 2.24) is 20.2 Å². The number of rotatable bonds is 6. The third kappa shape index (κ3) is 5.54. The second kappa shape index (κ2) is 10.6. The van der Waals surface area contributed by atoms with Crippen molar-refractivity contribution in [3.8, 4) is 0 Å². The molecule has 1 aromatic carbocycles. The van der Waals surface area contributed by atoms with Gasteiger partial charge in [0.2, 0.25) is 0 Å². The highest BCUT2D eigenvalue weighted by Crippen LogP contribution is 2.23. The van der Waals surface area contributed by atoms with E-state index in [9.17, 15) is 9.18 Å². The van der Waals surface area contributed by atoms with Gasteiger partial charge in [0.05, 0.1) is 29.9 Å². The predicted octanol–water partition coefficient (Wildman–Crippen LogP) is 3.69. The molecule has 1 fully saturated rings. The fourth-order valence-electron chi connectivity index (χ4n) is 4.18. The average molecular weight is 463 g/mol. The summed E-state index contributed by atoms with van der Waals surface area (Å²) in [7, 11) is 1.54. The second-order valence-corrected chi connectivity index (χ2v) is 8.73. The van der Waals surface area contributed by atoms with Crippen molar-refractivity contribution in [2.24, 2.45) is 5.92 Å². The largest absolute Gasteiger partial charge is 0.382 e. The van der Waals surface area contributed by atoms with Crippen molar-refractivity contribution >= 4 is 17.6 Å². The summed E-state index contributed by atoms with van der Waals surface area (Å²) in [6.07, 6.45) is 5.49. The Hall–Kier alpha value is -2.29. The van der Waals surface area contributed by atoms with Gasteiger partial charge in [-0.3, -0.25) is 0 Å². The maximum absolute atomic E-state index is 13.9. The number of urea groups is 1. The molecule has 0 bridgehead atoms. The quantitative estimate of drug-likeness (QED) is 0.708. The van der Waals surface area contributed by atoms with E-state index in [1.54, 1.807) is 18.1 Å². The minimum Gasteiger partial charge on any atom is -0.382 e. The Morgan fingerprint density at radius 3 is 2.97 bits per heavy atom. The number of aromatic nitrogens is 2. The summed E-state index contributed by atoms with van der Waals surface area (Å²) < 4.78 is 24.6. The number of hydrogen-bond acceptors (Lipinski definition) is 5. The molecular weight excluding hydrogens is 435 g/mol. The van der Waals surface area contributed by atoms with Crippen LogP contribution in [0.4, 0.5) is 9.18 Å². The molecule has 1 aromatic heterocycles. The molecule has 2 aliphatic heterocycles. The number of carbonyl (C=O) groups excluding carboxylic acids is 1. The number of methoxy groups -OCH3 is 1. The molecule has 0 saturated carbocycles. The lowest BCUT2D eigenvalue weighted by atomic mass is 9.96. The zero-order valence-corrected chi connectivity index (χ0v) is 18.9. The average Bonchev–Trinajstić information content (AvgIpc) is 2.81. The first-order valence-corrected chi connectivity index (χ1v) is 11.3. The lowest BCUT2D eigenvalue weighted by Crippen LogP contribution is -2.45. The first-order chi connectivity index (χ1) is 15.5. The van der Waals surface area contributed by atoms with Crippen LogP contribution >= 0.6 is 11.6 Å². The molecule has 1 saturated heterocycles. The van der Waals surface area contributed by atoms with Gasteiger partial charge < -0.3 is 19.7 Å². The zero-order chi connectivity index (χ0) is 22.5. The number of fused-ring (bicyclic) bond motifs is 1. The van der Waals surface area contributed by atoms with Gasteiger partial charge in [-0.1, -0.05) is 17.7 Å². The van der Waals surface area contributed by atoms with Crippen LogP contribution in [0.2, 0.25) is 5.02 Å². The molecule has 0 radical (unpaired) electrons. The van der Waals surface area contributed by atoms with Crippen LogP contribution in [-0.4, -0.2) is 54.4 Å². The summed E-state index contributed by atoms with van der Waals surface area (Å²) in [6.45, 7) is 2.79. The Kier molecular flexibility index (Phi) is 7.55. The summed E-state index contributed by atoms with van der Waals surface area (Å²) in [5, 5.41) is 3.00. The van der Waals surface area contributed by atoms with E-state index in [4.69, 9.17) is 26.1 Å².